The Bertz CT molecular complexity index is 1620. The summed E-state index contributed by atoms with van der Waals surface area (Å²) in [5, 5.41) is 6.90. The fourth-order valence-corrected chi connectivity index (χ4v) is 6.12. The van der Waals surface area contributed by atoms with Gasteiger partial charge in [0, 0.05) is 75.8 Å². The summed E-state index contributed by atoms with van der Waals surface area (Å²) in [5.74, 6) is 1.72. The summed E-state index contributed by atoms with van der Waals surface area (Å²) in [6.45, 7) is 16.0. The Hall–Kier alpha value is -4.54. The maximum Gasteiger partial charge on any atom is 0.258 e. The molecular weight excluding hydrogens is 610 g/mol. The molecule has 0 unspecified atom stereocenters. The Labute approximate surface area is 293 Å². The number of amides is 1. The molecule has 2 aliphatic rings. The number of benzene rings is 3. The van der Waals surface area contributed by atoms with Gasteiger partial charge in [-0.05, 0) is 80.8 Å². The van der Waals surface area contributed by atoms with E-state index in [9.17, 15) is 4.79 Å². The van der Waals surface area contributed by atoms with Gasteiger partial charge in [-0.1, -0.05) is 63.7 Å². The molecule has 6 rings (SSSR count). The minimum atomic E-state index is -0.0104. The standard InChI is InChI=1S/C36H45N9O.C2H6.CH4/c1-4-44(31-12-7-9-27(2)25-31)33(46)30-16-14-28(15-17-30)26-38-35-39-34(37-18-20-43-23-21-42(3)22-24-43)40-36(41-35)45-19-8-11-29-10-5-6-13-32(29)45;1-2;/h5-7,9-10,12-17,25H,4,8,11,18-24,26H2,1-3H3,(H2,37,38,39,40,41);1-2H3;1H4. The lowest BCUT2D eigenvalue weighted by atomic mass is 10.0. The fourth-order valence-electron chi connectivity index (χ4n) is 6.12. The van der Waals surface area contributed by atoms with Crippen LogP contribution in [-0.2, 0) is 13.0 Å². The van der Waals surface area contributed by atoms with Crippen LogP contribution in [0, 0.1) is 6.92 Å². The third kappa shape index (κ3) is 9.77. The van der Waals surface area contributed by atoms with E-state index in [0.717, 1.165) is 81.2 Å². The first kappa shape index (κ1) is 37.3. The van der Waals surface area contributed by atoms with Crippen LogP contribution in [0.4, 0.5) is 29.2 Å². The van der Waals surface area contributed by atoms with Crippen LogP contribution in [0.2, 0.25) is 0 Å². The van der Waals surface area contributed by atoms with Gasteiger partial charge < -0.3 is 25.3 Å². The highest BCUT2D eigenvalue weighted by atomic mass is 16.2. The second-order valence-corrected chi connectivity index (χ2v) is 12.2. The SMILES string of the molecule is C.CC.CCN(C(=O)c1ccc(CNc2nc(NCCN3CCN(C)CC3)nc(N3CCCc4ccccc43)n2)cc1)c1cccc(C)c1. The smallest absolute Gasteiger partial charge is 0.258 e. The van der Waals surface area contributed by atoms with Gasteiger partial charge in [0.25, 0.3) is 5.91 Å². The van der Waals surface area contributed by atoms with E-state index in [1.165, 1.54) is 5.56 Å². The molecule has 0 spiro atoms. The monoisotopic (exact) mass is 665 g/mol. The molecule has 3 heterocycles. The Morgan fingerprint density at radius 3 is 2.29 bits per heavy atom. The highest BCUT2D eigenvalue weighted by Gasteiger charge is 2.22. The molecule has 1 amide bonds. The van der Waals surface area contributed by atoms with Crippen LogP contribution < -0.4 is 20.4 Å². The van der Waals surface area contributed by atoms with Crippen LogP contribution in [0.15, 0.2) is 72.8 Å². The molecule has 3 aromatic carbocycles. The molecule has 262 valence electrons. The first-order chi connectivity index (χ1) is 23.5. The number of rotatable bonds is 11. The summed E-state index contributed by atoms with van der Waals surface area (Å²) in [7, 11) is 2.18. The van der Waals surface area contributed by atoms with Crippen molar-refractivity contribution >= 4 is 35.1 Å². The second-order valence-electron chi connectivity index (χ2n) is 12.2. The third-order valence-corrected chi connectivity index (χ3v) is 8.81. The molecule has 0 bridgehead atoms. The van der Waals surface area contributed by atoms with Gasteiger partial charge in [0.05, 0.1) is 0 Å². The number of nitrogens with one attached hydrogen (secondary N) is 2. The van der Waals surface area contributed by atoms with Gasteiger partial charge in [0.1, 0.15) is 0 Å². The Kier molecular flexibility index (Phi) is 13.9. The number of likely N-dealkylation sites (N-methyl/N-ethyl adjacent to an activating group) is 1. The van der Waals surface area contributed by atoms with Crippen LogP contribution in [0.1, 0.15) is 61.7 Å². The summed E-state index contributed by atoms with van der Waals surface area (Å²) < 4.78 is 0. The van der Waals surface area contributed by atoms with Crippen molar-refractivity contribution in [2.45, 2.75) is 54.5 Å². The third-order valence-electron chi connectivity index (χ3n) is 8.81. The number of aryl methyl sites for hydroxylation is 2. The number of hydrogen-bond donors (Lipinski definition) is 2. The fraction of sp³-hybridized carbons (Fsp3) is 0.436. The first-order valence-electron chi connectivity index (χ1n) is 17.4. The minimum Gasteiger partial charge on any atom is -0.353 e. The van der Waals surface area contributed by atoms with E-state index in [1.54, 1.807) is 0 Å². The molecule has 1 fully saturated rings. The molecule has 0 radical (unpaired) electrons. The number of hydrogen-bond acceptors (Lipinski definition) is 9. The maximum absolute atomic E-state index is 13.4. The van der Waals surface area contributed by atoms with Gasteiger partial charge in [-0.15, -0.1) is 0 Å². The van der Waals surface area contributed by atoms with Gasteiger partial charge in [0.15, 0.2) is 0 Å². The zero-order valence-electron chi connectivity index (χ0n) is 29.2. The van der Waals surface area contributed by atoms with Crippen molar-refractivity contribution in [2.24, 2.45) is 0 Å². The lowest BCUT2D eigenvalue weighted by Gasteiger charge is -2.32. The van der Waals surface area contributed by atoms with E-state index in [-0.39, 0.29) is 13.3 Å². The van der Waals surface area contributed by atoms with Crippen molar-refractivity contribution in [1.29, 1.82) is 0 Å². The molecule has 0 atom stereocenters. The quantitative estimate of drug-likeness (QED) is 0.178. The van der Waals surface area contributed by atoms with Gasteiger partial charge in [-0.25, -0.2) is 0 Å². The number of anilines is 5. The van der Waals surface area contributed by atoms with Crippen LogP contribution in [0.25, 0.3) is 0 Å². The number of nitrogens with zero attached hydrogens (tertiary/aromatic N) is 7. The molecular formula is C39H55N9O. The normalized spacial score (nSPS) is 14.5. The Morgan fingerprint density at radius 1 is 0.857 bits per heavy atom. The maximum atomic E-state index is 13.4. The van der Waals surface area contributed by atoms with Gasteiger partial charge in [-0.3, -0.25) is 9.69 Å². The zero-order valence-corrected chi connectivity index (χ0v) is 29.2. The number of aromatic nitrogens is 3. The van der Waals surface area contributed by atoms with Crippen LogP contribution >= 0.6 is 0 Å². The summed E-state index contributed by atoms with van der Waals surface area (Å²) >= 11 is 0. The van der Waals surface area contributed by atoms with Crippen molar-refractivity contribution in [1.82, 2.24) is 24.8 Å². The average molecular weight is 666 g/mol. The molecule has 0 aliphatic carbocycles. The van der Waals surface area contributed by atoms with Gasteiger partial charge in [-0.2, -0.15) is 15.0 Å². The van der Waals surface area contributed by atoms with Crippen molar-refractivity contribution in [3.05, 3.63) is 95.1 Å². The van der Waals surface area contributed by atoms with Crippen LogP contribution in [0.3, 0.4) is 0 Å². The lowest BCUT2D eigenvalue weighted by molar-refractivity contribution is 0.0988. The predicted octanol–water partition coefficient (Wildman–Crippen LogP) is 6.86. The first-order valence-corrected chi connectivity index (χ1v) is 17.4. The molecule has 10 nitrogen and oxygen atoms in total. The van der Waals surface area contributed by atoms with E-state index < -0.39 is 0 Å². The number of carbonyl (C=O) groups is 1. The molecule has 1 aromatic heterocycles. The molecule has 2 N–H and O–H groups in total. The molecule has 10 heteroatoms. The minimum absolute atomic E-state index is 0. The largest absolute Gasteiger partial charge is 0.353 e. The van der Waals surface area contributed by atoms with Crippen LogP contribution in [0.5, 0.6) is 0 Å². The predicted molar refractivity (Wildman–Crippen MR) is 204 cm³/mol. The van der Waals surface area contributed by atoms with E-state index in [1.807, 2.05) is 81.1 Å². The number of fused-ring (bicyclic) bond motifs is 1. The summed E-state index contributed by atoms with van der Waals surface area (Å²) in [6.07, 6.45) is 2.10. The van der Waals surface area contributed by atoms with E-state index in [0.29, 0.717) is 36.5 Å². The number of carbonyl (C=O) groups excluding carboxylic acids is 1. The molecule has 0 saturated carbocycles. The van der Waals surface area contributed by atoms with Gasteiger partial charge in [0.2, 0.25) is 17.8 Å². The number of piperazine rings is 1. The van der Waals surface area contributed by atoms with Crippen molar-refractivity contribution in [2.75, 3.05) is 79.8 Å². The molecule has 4 aromatic rings. The number of para-hydroxylation sites is 1. The Balaban J connectivity index is 0.00000177. The molecule has 1 saturated heterocycles. The average Bonchev–Trinajstić information content (AvgIpc) is 3.12. The topological polar surface area (TPSA) is 92.8 Å². The van der Waals surface area contributed by atoms with Gasteiger partial charge >= 0.3 is 0 Å². The van der Waals surface area contributed by atoms with E-state index in [2.05, 4.69) is 56.6 Å². The Morgan fingerprint density at radius 2 is 1.57 bits per heavy atom. The van der Waals surface area contributed by atoms with Crippen molar-refractivity contribution in [3.63, 3.8) is 0 Å². The zero-order chi connectivity index (χ0) is 33.9. The van der Waals surface area contributed by atoms with Crippen molar-refractivity contribution in [3.8, 4) is 0 Å². The molecule has 49 heavy (non-hydrogen) atoms. The highest BCUT2D eigenvalue weighted by Crippen LogP contribution is 2.32. The van der Waals surface area contributed by atoms with Crippen molar-refractivity contribution < 1.29 is 4.79 Å². The highest BCUT2D eigenvalue weighted by molar-refractivity contribution is 6.06. The van der Waals surface area contributed by atoms with E-state index >= 15 is 0 Å². The summed E-state index contributed by atoms with van der Waals surface area (Å²) in [5.41, 5.74) is 6.20. The summed E-state index contributed by atoms with van der Waals surface area (Å²) in [6, 6.07) is 24.3. The summed E-state index contributed by atoms with van der Waals surface area (Å²) in [4.78, 5) is 36.7. The second kappa shape index (κ2) is 18.3. The van der Waals surface area contributed by atoms with Crippen LogP contribution in [-0.4, -0.2) is 90.1 Å². The van der Waals surface area contributed by atoms with E-state index in [4.69, 9.17) is 15.0 Å². The lowest BCUT2D eigenvalue weighted by Crippen LogP contribution is -2.45. The molecule has 2 aliphatic heterocycles.